The van der Waals surface area contributed by atoms with E-state index in [9.17, 15) is 0 Å². The van der Waals surface area contributed by atoms with Gasteiger partial charge in [0.2, 0.25) is 0 Å². The van der Waals surface area contributed by atoms with Gasteiger partial charge in [0.15, 0.2) is 0 Å². The molecular weight excluding hydrogens is 208 g/mol. The molecule has 1 aromatic carbocycles. The Labute approximate surface area is 96.0 Å². The Morgan fingerprint density at radius 2 is 2.13 bits per heavy atom. The van der Waals surface area contributed by atoms with Gasteiger partial charge in [-0.05, 0) is 44.9 Å². The third-order valence-corrected chi connectivity index (χ3v) is 3.47. The zero-order chi connectivity index (χ0) is 11.1. The lowest BCUT2D eigenvalue weighted by molar-refractivity contribution is 0.518. The highest BCUT2D eigenvalue weighted by Crippen LogP contribution is 2.38. The van der Waals surface area contributed by atoms with Crippen LogP contribution in [0, 0.1) is 0 Å². The Hall–Kier alpha value is -0.890. The minimum Gasteiger partial charge on any atom is -0.399 e. The number of hydrogen-bond acceptors (Lipinski definition) is 2. The first-order chi connectivity index (χ1) is 7.00. The van der Waals surface area contributed by atoms with E-state index >= 15 is 0 Å². The van der Waals surface area contributed by atoms with Gasteiger partial charge in [0.05, 0.1) is 10.7 Å². The average Bonchev–Trinajstić information content (AvgIpc) is 2.46. The lowest BCUT2D eigenvalue weighted by atomic mass is 10.0. The minimum absolute atomic E-state index is 0.208. The molecule has 0 unspecified atom stereocenters. The molecule has 1 saturated heterocycles. The van der Waals surface area contributed by atoms with Gasteiger partial charge in [0, 0.05) is 17.8 Å². The monoisotopic (exact) mass is 224 g/mol. The van der Waals surface area contributed by atoms with Crippen LogP contribution in [0.25, 0.3) is 0 Å². The van der Waals surface area contributed by atoms with Gasteiger partial charge in [-0.25, -0.2) is 0 Å². The number of nitrogens with zero attached hydrogens (tertiary/aromatic N) is 1. The molecule has 2 nitrogen and oxygen atoms in total. The average molecular weight is 225 g/mol. The third kappa shape index (κ3) is 1.91. The predicted octanol–water partition coefficient (Wildman–Crippen LogP) is 3.30. The van der Waals surface area contributed by atoms with Gasteiger partial charge in [-0.15, -0.1) is 0 Å². The van der Waals surface area contributed by atoms with E-state index in [1.807, 2.05) is 18.2 Å². The van der Waals surface area contributed by atoms with Crippen LogP contribution < -0.4 is 10.6 Å². The van der Waals surface area contributed by atoms with Crippen molar-refractivity contribution < 1.29 is 0 Å². The largest absolute Gasteiger partial charge is 0.399 e. The highest BCUT2D eigenvalue weighted by Gasteiger charge is 2.32. The Balaban J connectivity index is 2.37. The van der Waals surface area contributed by atoms with Crippen LogP contribution in [0.1, 0.15) is 26.7 Å². The fourth-order valence-corrected chi connectivity index (χ4v) is 2.59. The summed E-state index contributed by atoms with van der Waals surface area (Å²) in [6, 6.07) is 5.76. The van der Waals surface area contributed by atoms with Gasteiger partial charge in [0.1, 0.15) is 0 Å². The molecule has 2 N–H and O–H groups in total. The van der Waals surface area contributed by atoms with Gasteiger partial charge in [-0.1, -0.05) is 11.6 Å². The SMILES string of the molecule is CC1(C)CCCN1c1ccc(N)cc1Cl. The molecule has 0 atom stereocenters. The third-order valence-electron chi connectivity index (χ3n) is 3.16. The van der Waals surface area contributed by atoms with E-state index in [-0.39, 0.29) is 5.54 Å². The summed E-state index contributed by atoms with van der Waals surface area (Å²) in [6.07, 6.45) is 2.45. The van der Waals surface area contributed by atoms with E-state index in [0.717, 1.165) is 22.9 Å². The zero-order valence-corrected chi connectivity index (χ0v) is 10.0. The number of rotatable bonds is 1. The zero-order valence-electron chi connectivity index (χ0n) is 9.26. The summed E-state index contributed by atoms with van der Waals surface area (Å²) in [5.74, 6) is 0. The second-order valence-corrected chi connectivity index (χ2v) is 5.19. The minimum atomic E-state index is 0.208. The summed E-state index contributed by atoms with van der Waals surface area (Å²) in [6.45, 7) is 5.59. The summed E-state index contributed by atoms with van der Waals surface area (Å²) in [7, 11) is 0. The van der Waals surface area contributed by atoms with Gasteiger partial charge in [0.25, 0.3) is 0 Å². The first-order valence-electron chi connectivity index (χ1n) is 5.33. The molecule has 15 heavy (non-hydrogen) atoms. The van der Waals surface area contributed by atoms with E-state index in [1.54, 1.807) is 0 Å². The van der Waals surface area contributed by atoms with Gasteiger partial charge >= 0.3 is 0 Å². The van der Waals surface area contributed by atoms with E-state index in [4.69, 9.17) is 17.3 Å². The molecule has 0 spiro atoms. The molecule has 0 amide bonds. The first-order valence-corrected chi connectivity index (χ1v) is 5.71. The predicted molar refractivity (Wildman–Crippen MR) is 66.5 cm³/mol. The fourth-order valence-electron chi connectivity index (χ4n) is 2.30. The van der Waals surface area contributed by atoms with Crippen LogP contribution in [0.4, 0.5) is 11.4 Å². The highest BCUT2D eigenvalue weighted by molar-refractivity contribution is 6.33. The van der Waals surface area contributed by atoms with Crippen molar-refractivity contribution in [2.75, 3.05) is 17.2 Å². The Kier molecular flexibility index (Phi) is 2.55. The Morgan fingerprint density at radius 1 is 1.40 bits per heavy atom. The van der Waals surface area contributed by atoms with Gasteiger partial charge < -0.3 is 10.6 Å². The quantitative estimate of drug-likeness (QED) is 0.742. The smallest absolute Gasteiger partial charge is 0.0660 e. The second kappa shape index (κ2) is 3.60. The number of hydrogen-bond donors (Lipinski definition) is 1. The summed E-state index contributed by atoms with van der Waals surface area (Å²) in [5, 5.41) is 0.755. The highest BCUT2D eigenvalue weighted by atomic mass is 35.5. The molecule has 0 bridgehead atoms. The number of halogens is 1. The summed E-state index contributed by atoms with van der Waals surface area (Å²) in [5.41, 5.74) is 7.73. The molecule has 0 radical (unpaired) electrons. The van der Waals surface area contributed by atoms with Crippen LogP contribution in [0.3, 0.4) is 0 Å². The molecule has 82 valence electrons. The van der Waals surface area contributed by atoms with Gasteiger partial charge in [-0.3, -0.25) is 0 Å². The number of anilines is 2. The molecule has 1 fully saturated rings. The standard InChI is InChI=1S/C12H17ClN2/c1-12(2)6-3-7-15(12)11-5-4-9(14)8-10(11)13/h4-5,8H,3,6-7,14H2,1-2H3. The summed E-state index contributed by atoms with van der Waals surface area (Å²) >= 11 is 6.22. The molecule has 3 heteroatoms. The van der Waals surface area contributed by atoms with Crippen LogP contribution >= 0.6 is 11.6 Å². The van der Waals surface area contributed by atoms with E-state index < -0.39 is 0 Å². The lowest BCUT2D eigenvalue weighted by Crippen LogP contribution is -2.38. The molecular formula is C12H17ClN2. The topological polar surface area (TPSA) is 29.3 Å². The van der Waals surface area contributed by atoms with E-state index in [0.29, 0.717) is 0 Å². The van der Waals surface area contributed by atoms with Crippen LogP contribution in [0.5, 0.6) is 0 Å². The maximum atomic E-state index is 6.22. The number of benzene rings is 1. The molecule has 1 aliphatic rings. The fraction of sp³-hybridized carbons (Fsp3) is 0.500. The molecule has 0 saturated carbocycles. The Bertz CT molecular complexity index is 374. The van der Waals surface area contributed by atoms with Crippen LogP contribution in [-0.2, 0) is 0 Å². The molecule has 1 aliphatic heterocycles. The van der Waals surface area contributed by atoms with Crippen molar-refractivity contribution in [3.05, 3.63) is 23.2 Å². The number of nitrogens with two attached hydrogens (primary N) is 1. The van der Waals surface area contributed by atoms with Crippen molar-refractivity contribution in [3.63, 3.8) is 0 Å². The molecule has 1 aromatic rings. The van der Waals surface area contributed by atoms with Crippen LogP contribution in [0.2, 0.25) is 5.02 Å². The summed E-state index contributed by atoms with van der Waals surface area (Å²) < 4.78 is 0. The van der Waals surface area contributed by atoms with Gasteiger partial charge in [-0.2, -0.15) is 0 Å². The first kappa shape index (κ1) is 10.6. The molecule has 0 aromatic heterocycles. The van der Waals surface area contributed by atoms with Crippen molar-refractivity contribution in [3.8, 4) is 0 Å². The lowest BCUT2D eigenvalue weighted by Gasteiger charge is -2.34. The van der Waals surface area contributed by atoms with Crippen molar-refractivity contribution in [1.82, 2.24) is 0 Å². The normalized spacial score (nSPS) is 19.5. The molecule has 1 heterocycles. The van der Waals surface area contributed by atoms with Crippen molar-refractivity contribution >= 4 is 23.0 Å². The van der Waals surface area contributed by atoms with Crippen molar-refractivity contribution in [2.24, 2.45) is 0 Å². The van der Waals surface area contributed by atoms with Crippen molar-refractivity contribution in [1.29, 1.82) is 0 Å². The maximum absolute atomic E-state index is 6.22. The Morgan fingerprint density at radius 3 is 2.67 bits per heavy atom. The second-order valence-electron chi connectivity index (χ2n) is 4.78. The molecule has 2 rings (SSSR count). The van der Waals surface area contributed by atoms with Crippen LogP contribution in [0.15, 0.2) is 18.2 Å². The van der Waals surface area contributed by atoms with Crippen molar-refractivity contribution in [2.45, 2.75) is 32.2 Å². The van der Waals surface area contributed by atoms with E-state index in [1.165, 1.54) is 12.8 Å². The maximum Gasteiger partial charge on any atom is 0.0660 e. The van der Waals surface area contributed by atoms with Crippen LogP contribution in [-0.4, -0.2) is 12.1 Å². The molecule has 0 aliphatic carbocycles. The number of nitrogen functional groups attached to an aromatic ring is 1. The van der Waals surface area contributed by atoms with E-state index in [2.05, 4.69) is 18.7 Å². The summed E-state index contributed by atoms with van der Waals surface area (Å²) in [4.78, 5) is 2.37.